The van der Waals surface area contributed by atoms with E-state index in [1.165, 1.54) is 11.2 Å². The van der Waals surface area contributed by atoms with Gasteiger partial charge in [0.15, 0.2) is 5.96 Å². The molecule has 1 aliphatic rings. The summed E-state index contributed by atoms with van der Waals surface area (Å²) in [6, 6.07) is -4.40. The molecule has 4 atom stereocenters. The number of nitrogens with zero attached hydrogens (tertiary/aromatic N) is 3. The first-order valence-corrected chi connectivity index (χ1v) is 11.2. The van der Waals surface area contributed by atoms with Crippen molar-refractivity contribution in [2.24, 2.45) is 22.2 Å². The van der Waals surface area contributed by atoms with Gasteiger partial charge in [0, 0.05) is 31.4 Å². The highest BCUT2D eigenvalue weighted by molar-refractivity contribution is 5.94. The number of aromatic amines is 1. The van der Waals surface area contributed by atoms with Gasteiger partial charge in [-0.2, -0.15) is 0 Å². The molecular weight excluding hydrogens is 462 g/mol. The average molecular weight is 496 g/mol. The van der Waals surface area contributed by atoms with Gasteiger partial charge in [-0.15, -0.1) is 0 Å². The number of carboxylic acid groups (broad SMARTS) is 1. The van der Waals surface area contributed by atoms with Crippen molar-refractivity contribution in [2.45, 2.75) is 56.3 Å². The molecule has 0 radical (unpaired) electrons. The Bertz CT molecular complexity index is 903. The van der Waals surface area contributed by atoms with Gasteiger partial charge >= 0.3 is 5.97 Å². The molecule has 0 aliphatic carbocycles. The molecule has 0 unspecified atom stereocenters. The molecule has 1 aromatic heterocycles. The minimum atomic E-state index is -1.54. The minimum absolute atomic E-state index is 0.0894. The second-order valence-corrected chi connectivity index (χ2v) is 8.17. The Morgan fingerprint density at radius 3 is 2.60 bits per heavy atom. The van der Waals surface area contributed by atoms with Crippen LogP contribution in [0.1, 0.15) is 31.4 Å². The van der Waals surface area contributed by atoms with E-state index in [9.17, 15) is 24.3 Å². The number of imidazole rings is 1. The molecule has 0 bridgehead atoms. The predicted octanol–water partition coefficient (Wildman–Crippen LogP) is -3.63. The topological polar surface area (TPSA) is 255 Å². The van der Waals surface area contributed by atoms with Crippen LogP contribution in [0.25, 0.3) is 0 Å². The number of aliphatic carboxylic acids is 1. The third kappa shape index (κ3) is 8.22. The fraction of sp³-hybridized carbons (Fsp3) is 0.600. The van der Waals surface area contributed by atoms with E-state index in [2.05, 4.69) is 25.6 Å². The number of nitrogens with one attached hydrogen (secondary N) is 3. The zero-order chi connectivity index (χ0) is 26.0. The summed E-state index contributed by atoms with van der Waals surface area (Å²) in [6.45, 7) is -0.309. The van der Waals surface area contributed by atoms with E-state index in [4.69, 9.17) is 22.3 Å². The zero-order valence-electron chi connectivity index (χ0n) is 19.2. The smallest absolute Gasteiger partial charge is 0.328 e. The highest BCUT2D eigenvalue weighted by atomic mass is 16.4. The SMILES string of the molecule is NC(N)=NCCC[C@H](NC(=O)[C@@H]1CCCN1C(=O)[C@@H](N)Cc1cnc[nH]1)C(=O)N[C@@H](CO)C(=O)O. The van der Waals surface area contributed by atoms with Crippen molar-refractivity contribution >= 4 is 29.7 Å². The van der Waals surface area contributed by atoms with Crippen LogP contribution < -0.4 is 27.8 Å². The molecule has 35 heavy (non-hydrogen) atoms. The second-order valence-electron chi connectivity index (χ2n) is 8.17. The molecule has 11 N–H and O–H groups in total. The average Bonchev–Trinajstić information content (AvgIpc) is 3.50. The second kappa shape index (κ2) is 13.2. The van der Waals surface area contributed by atoms with E-state index in [0.29, 0.717) is 31.5 Å². The van der Waals surface area contributed by atoms with E-state index < -0.39 is 54.5 Å². The number of carbonyl (C=O) groups is 4. The molecule has 1 aromatic rings. The maximum Gasteiger partial charge on any atom is 0.328 e. The van der Waals surface area contributed by atoms with E-state index in [1.807, 2.05) is 0 Å². The first kappa shape index (κ1) is 27.5. The molecule has 2 heterocycles. The van der Waals surface area contributed by atoms with Crippen LogP contribution in [0, 0.1) is 0 Å². The number of H-pyrrole nitrogens is 1. The summed E-state index contributed by atoms with van der Waals surface area (Å²) >= 11 is 0. The number of aromatic nitrogens is 2. The number of nitrogens with two attached hydrogens (primary N) is 3. The molecule has 0 saturated carbocycles. The monoisotopic (exact) mass is 495 g/mol. The number of aliphatic hydroxyl groups is 1. The molecule has 0 aromatic carbocycles. The molecular formula is C20H33N9O6. The molecule has 194 valence electrons. The van der Waals surface area contributed by atoms with Gasteiger partial charge in [-0.3, -0.25) is 19.4 Å². The number of hydrogen-bond donors (Lipinski definition) is 8. The van der Waals surface area contributed by atoms with Crippen molar-refractivity contribution in [3.05, 3.63) is 18.2 Å². The normalized spacial score (nSPS) is 17.8. The van der Waals surface area contributed by atoms with Crippen LogP contribution in [0.15, 0.2) is 17.5 Å². The first-order valence-electron chi connectivity index (χ1n) is 11.2. The quantitative estimate of drug-likeness (QED) is 0.0756. The van der Waals surface area contributed by atoms with Gasteiger partial charge < -0.3 is 47.9 Å². The molecule has 1 saturated heterocycles. The van der Waals surface area contributed by atoms with Crippen LogP contribution >= 0.6 is 0 Å². The van der Waals surface area contributed by atoms with Gasteiger partial charge in [-0.1, -0.05) is 0 Å². The number of aliphatic hydroxyl groups excluding tert-OH is 1. The zero-order valence-corrected chi connectivity index (χ0v) is 19.2. The van der Waals surface area contributed by atoms with Gasteiger partial charge in [0.25, 0.3) is 0 Å². The summed E-state index contributed by atoms with van der Waals surface area (Å²) in [5, 5.41) is 23.1. The number of rotatable bonds is 13. The molecule has 2 rings (SSSR count). The van der Waals surface area contributed by atoms with E-state index >= 15 is 0 Å². The maximum absolute atomic E-state index is 13.1. The number of guanidine groups is 1. The predicted molar refractivity (Wildman–Crippen MR) is 123 cm³/mol. The molecule has 1 aliphatic heterocycles. The lowest BCUT2D eigenvalue weighted by atomic mass is 10.1. The Kier molecular flexibility index (Phi) is 10.4. The molecule has 0 spiro atoms. The van der Waals surface area contributed by atoms with Crippen molar-refractivity contribution in [1.82, 2.24) is 25.5 Å². The van der Waals surface area contributed by atoms with Crippen LogP contribution in [0.5, 0.6) is 0 Å². The summed E-state index contributed by atoms with van der Waals surface area (Å²) in [7, 11) is 0. The Labute approximate surface area is 201 Å². The van der Waals surface area contributed by atoms with Crippen molar-refractivity contribution in [2.75, 3.05) is 19.7 Å². The lowest BCUT2D eigenvalue weighted by molar-refractivity contribution is -0.144. The summed E-state index contributed by atoms with van der Waals surface area (Å²) < 4.78 is 0. The van der Waals surface area contributed by atoms with E-state index in [1.54, 1.807) is 6.20 Å². The largest absolute Gasteiger partial charge is 0.480 e. The third-order valence-corrected chi connectivity index (χ3v) is 5.53. The van der Waals surface area contributed by atoms with Gasteiger partial charge in [0.05, 0.1) is 19.0 Å². The first-order chi connectivity index (χ1) is 16.6. The number of carbonyl (C=O) groups excluding carboxylic acids is 3. The fourth-order valence-corrected chi connectivity index (χ4v) is 3.73. The maximum atomic E-state index is 13.1. The lowest BCUT2D eigenvalue weighted by Gasteiger charge is -2.28. The van der Waals surface area contributed by atoms with Gasteiger partial charge in [-0.25, -0.2) is 9.78 Å². The van der Waals surface area contributed by atoms with Crippen LogP contribution in [-0.4, -0.2) is 98.6 Å². The summed E-state index contributed by atoms with van der Waals surface area (Å²) in [4.78, 5) is 61.8. The number of hydrogen-bond acceptors (Lipinski definition) is 8. The molecule has 3 amide bonds. The highest BCUT2D eigenvalue weighted by Crippen LogP contribution is 2.19. The summed E-state index contributed by atoms with van der Waals surface area (Å²) in [5.74, 6) is -3.32. The Morgan fingerprint density at radius 1 is 1.26 bits per heavy atom. The van der Waals surface area contributed by atoms with Crippen LogP contribution in [0.3, 0.4) is 0 Å². The van der Waals surface area contributed by atoms with Crippen LogP contribution in [-0.2, 0) is 25.6 Å². The van der Waals surface area contributed by atoms with Crippen LogP contribution in [0.4, 0.5) is 0 Å². The number of amides is 3. The van der Waals surface area contributed by atoms with E-state index in [0.717, 1.165) is 0 Å². The van der Waals surface area contributed by atoms with Crippen molar-refractivity contribution < 1.29 is 29.4 Å². The van der Waals surface area contributed by atoms with Crippen molar-refractivity contribution in [3.63, 3.8) is 0 Å². The number of carboxylic acids is 1. The minimum Gasteiger partial charge on any atom is -0.480 e. The van der Waals surface area contributed by atoms with E-state index in [-0.39, 0.29) is 25.3 Å². The molecule has 1 fully saturated rings. The Morgan fingerprint density at radius 2 is 2.00 bits per heavy atom. The van der Waals surface area contributed by atoms with Gasteiger partial charge in [-0.05, 0) is 25.7 Å². The number of likely N-dealkylation sites (tertiary alicyclic amines) is 1. The van der Waals surface area contributed by atoms with Crippen LogP contribution in [0.2, 0.25) is 0 Å². The fourth-order valence-electron chi connectivity index (χ4n) is 3.73. The van der Waals surface area contributed by atoms with Gasteiger partial charge in [0.1, 0.15) is 18.1 Å². The molecule has 15 heteroatoms. The van der Waals surface area contributed by atoms with Crippen molar-refractivity contribution in [1.29, 1.82) is 0 Å². The highest BCUT2D eigenvalue weighted by Gasteiger charge is 2.38. The number of aliphatic imine (C=N–C) groups is 1. The van der Waals surface area contributed by atoms with Gasteiger partial charge in [0.2, 0.25) is 17.7 Å². The lowest BCUT2D eigenvalue weighted by Crippen LogP contribution is -2.57. The summed E-state index contributed by atoms with van der Waals surface area (Å²) in [5.41, 5.74) is 17.3. The summed E-state index contributed by atoms with van der Waals surface area (Å²) in [6.07, 6.45) is 4.60. The Balaban J connectivity index is 2.07. The standard InChI is InChI=1S/C20H33N9O6/c21-12(7-11-8-24-10-26-11)18(33)29-6-2-4-15(29)17(32)27-13(3-1-5-25-20(22)23)16(31)28-14(9-30)19(34)35/h8,10,12-15,30H,1-7,9,21H2,(H,24,26)(H,27,32)(H,28,31)(H,34,35)(H4,22,23,25)/t12-,13-,14-,15-/m0/s1. The van der Waals surface area contributed by atoms with Crippen molar-refractivity contribution in [3.8, 4) is 0 Å². The molecule has 15 nitrogen and oxygen atoms in total. The third-order valence-electron chi connectivity index (χ3n) is 5.53. The Hall–Kier alpha value is -3.72.